The molecule has 0 unspecified atom stereocenters. The summed E-state index contributed by atoms with van der Waals surface area (Å²) >= 11 is 0. The summed E-state index contributed by atoms with van der Waals surface area (Å²) in [6, 6.07) is 0. The number of piperidine rings is 2. The van der Waals surface area contributed by atoms with Gasteiger partial charge in [-0.05, 0) is 32.4 Å². The molecule has 0 aromatic heterocycles. The highest BCUT2D eigenvalue weighted by Crippen LogP contribution is 2.27. The Hall–Kier alpha value is -0.570. The van der Waals surface area contributed by atoms with Gasteiger partial charge >= 0.3 is 0 Å². The highest BCUT2D eigenvalue weighted by molar-refractivity contribution is 5.80. The summed E-state index contributed by atoms with van der Waals surface area (Å²) in [5.74, 6) is 1.21. The second kappa shape index (κ2) is 3.05. The zero-order valence-corrected chi connectivity index (χ0v) is 7.55. The molecule has 0 bridgehead atoms. The molecule has 0 spiro atoms. The first-order chi connectivity index (χ1) is 5.77. The van der Waals surface area contributed by atoms with Crippen molar-refractivity contribution < 1.29 is 4.79 Å². The van der Waals surface area contributed by atoms with E-state index in [1.807, 2.05) is 0 Å². The minimum atomic E-state index is 0.275. The fourth-order valence-electron chi connectivity index (χ4n) is 2.32. The van der Waals surface area contributed by atoms with Gasteiger partial charge in [0.25, 0.3) is 0 Å². The van der Waals surface area contributed by atoms with E-state index in [1.165, 1.54) is 12.8 Å². The van der Waals surface area contributed by atoms with E-state index in [0.717, 1.165) is 19.6 Å². The number of rotatable bonds is 0. The molecule has 2 heterocycles. The van der Waals surface area contributed by atoms with Crippen LogP contribution in [-0.4, -0.2) is 37.5 Å². The number of hydrogen-bond acceptors (Lipinski definition) is 2. The molecule has 2 atom stereocenters. The number of likely N-dealkylation sites (tertiary alicyclic amines) is 1. The van der Waals surface area contributed by atoms with E-state index in [9.17, 15) is 4.79 Å². The van der Waals surface area contributed by atoms with Gasteiger partial charge in [-0.15, -0.1) is 0 Å². The van der Waals surface area contributed by atoms with Crippen LogP contribution in [0.25, 0.3) is 0 Å². The minimum Gasteiger partial charge on any atom is -0.356 e. The standard InChI is InChI=1S/C9H16N2O/c1-11-5-3-7-2-4-10-9(12)8(7)6-11/h7-8H,2-6H2,1H3,(H,10,12)/t7-,8+/m0/s1. The smallest absolute Gasteiger partial charge is 0.224 e. The van der Waals surface area contributed by atoms with Crippen LogP contribution in [0.3, 0.4) is 0 Å². The topological polar surface area (TPSA) is 32.3 Å². The van der Waals surface area contributed by atoms with Gasteiger partial charge in [0.15, 0.2) is 0 Å². The quantitative estimate of drug-likeness (QED) is 0.555. The molecule has 1 amide bonds. The summed E-state index contributed by atoms with van der Waals surface area (Å²) in [6.07, 6.45) is 2.39. The first-order valence-electron chi connectivity index (χ1n) is 4.73. The molecule has 0 aromatic rings. The second-order valence-electron chi connectivity index (χ2n) is 4.00. The number of fused-ring (bicyclic) bond motifs is 1. The van der Waals surface area contributed by atoms with Gasteiger partial charge in [0, 0.05) is 13.1 Å². The van der Waals surface area contributed by atoms with Gasteiger partial charge in [-0.3, -0.25) is 4.79 Å². The second-order valence-corrected chi connectivity index (χ2v) is 4.00. The van der Waals surface area contributed by atoms with Crippen LogP contribution >= 0.6 is 0 Å². The minimum absolute atomic E-state index is 0.275. The van der Waals surface area contributed by atoms with E-state index >= 15 is 0 Å². The Morgan fingerprint density at radius 2 is 2.33 bits per heavy atom. The van der Waals surface area contributed by atoms with Crippen LogP contribution in [0.1, 0.15) is 12.8 Å². The van der Waals surface area contributed by atoms with E-state index in [0.29, 0.717) is 5.92 Å². The SMILES string of the molecule is CN1CC[C@@H]2CCNC(=O)[C@@H]2C1. The van der Waals surface area contributed by atoms with E-state index < -0.39 is 0 Å². The van der Waals surface area contributed by atoms with Crippen molar-refractivity contribution in [3.05, 3.63) is 0 Å². The summed E-state index contributed by atoms with van der Waals surface area (Å²) in [7, 11) is 2.10. The average molecular weight is 168 g/mol. The number of nitrogens with zero attached hydrogens (tertiary/aromatic N) is 1. The molecule has 0 aromatic carbocycles. The molecule has 0 saturated carbocycles. The maximum atomic E-state index is 11.4. The number of carbonyl (C=O) groups excluding carboxylic acids is 1. The molecule has 2 aliphatic heterocycles. The zero-order chi connectivity index (χ0) is 8.55. The van der Waals surface area contributed by atoms with Crippen molar-refractivity contribution in [3.63, 3.8) is 0 Å². The van der Waals surface area contributed by atoms with Crippen LogP contribution in [0.2, 0.25) is 0 Å². The van der Waals surface area contributed by atoms with Gasteiger partial charge in [-0.25, -0.2) is 0 Å². The maximum absolute atomic E-state index is 11.4. The highest BCUT2D eigenvalue weighted by Gasteiger charge is 2.35. The normalized spacial score (nSPS) is 37.2. The Bertz CT molecular complexity index is 193. The molecular formula is C9H16N2O. The third-order valence-corrected chi connectivity index (χ3v) is 3.11. The van der Waals surface area contributed by atoms with Crippen molar-refractivity contribution in [1.29, 1.82) is 0 Å². The van der Waals surface area contributed by atoms with E-state index in [-0.39, 0.29) is 11.8 Å². The molecule has 1 N–H and O–H groups in total. The number of nitrogens with one attached hydrogen (secondary N) is 1. The number of carbonyl (C=O) groups is 1. The van der Waals surface area contributed by atoms with Crippen LogP contribution in [0.4, 0.5) is 0 Å². The van der Waals surface area contributed by atoms with Crippen molar-refractivity contribution >= 4 is 5.91 Å². The third-order valence-electron chi connectivity index (χ3n) is 3.11. The Kier molecular flexibility index (Phi) is 2.05. The molecule has 2 aliphatic rings. The van der Waals surface area contributed by atoms with Crippen LogP contribution in [-0.2, 0) is 4.79 Å². The monoisotopic (exact) mass is 168 g/mol. The van der Waals surface area contributed by atoms with Gasteiger partial charge in [-0.2, -0.15) is 0 Å². The van der Waals surface area contributed by atoms with Crippen LogP contribution < -0.4 is 5.32 Å². The Balaban J connectivity index is 2.05. The van der Waals surface area contributed by atoms with Crippen LogP contribution in [0.5, 0.6) is 0 Å². The highest BCUT2D eigenvalue weighted by atomic mass is 16.2. The Morgan fingerprint density at radius 3 is 3.17 bits per heavy atom. The lowest BCUT2D eigenvalue weighted by Gasteiger charge is -2.38. The van der Waals surface area contributed by atoms with Crippen LogP contribution in [0.15, 0.2) is 0 Å². The van der Waals surface area contributed by atoms with Crippen molar-refractivity contribution in [2.45, 2.75) is 12.8 Å². The summed E-state index contributed by atoms with van der Waals surface area (Å²) in [5.41, 5.74) is 0. The van der Waals surface area contributed by atoms with E-state index in [2.05, 4.69) is 17.3 Å². The Labute approximate surface area is 73.1 Å². The van der Waals surface area contributed by atoms with Crippen molar-refractivity contribution in [1.82, 2.24) is 10.2 Å². The molecule has 12 heavy (non-hydrogen) atoms. The summed E-state index contributed by atoms with van der Waals surface area (Å²) in [6.45, 7) is 3.01. The van der Waals surface area contributed by atoms with Crippen molar-refractivity contribution in [2.75, 3.05) is 26.7 Å². The molecule has 2 rings (SSSR count). The summed E-state index contributed by atoms with van der Waals surface area (Å²) in [4.78, 5) is 13.7. The lowest BCUT2D eigenvalue weighted by Crippen LogP contribution is -2.50. The predicted molar refractivity (Wildman–Crippen MR) is 46.7 cm³/mol. The molecular weight excluding hydrogens is 152 g/mol. The predicted octanol–water partition coefficient (Wildman–Crippen LogP) is 0.0742. The molecule has 2 fully saturated rings. The molecule has 0 aliphatic carbocycles. The van der Waals surface area contributed by atoms with Crippen LogP contribution in [0, 0.1) is 11.8 Å². The zero-order valence-electron chi connectivity index (χ0n) is 7.55. The third kappa shape index (κ3) is 1.33. The fourth-order valence-corrected chi connectivity index (χ4v) is 2.32. The molecule has 3 nitrogen and oxygen atoms in total. The molecule has 2 saturated heterocycles. The largest absolute Gasteiger partial charge is 0.356 e. The first-order valence-corrected chi connectivity index (χ1v) is 4.73. The number of hydrogen-bond donors (Lipinski definition) is 1. The van der Waals surface area contributed by atoms with Crippen molar-refractivity contribution in [2.24, 2.45) is 11.8 Å². The maximum Gasteiger partial charge on any atom is 0.224 e. The lowest BCUT2D eigenvalue weighted by molar-refractivity contribution is -0.131. The van der Waals surface area contributed by atoms with Gasteiger partial charge in [0.05, 0.1) is 5.92 Å². The molecule has 68 valence electrons. The molecule has 0 radical (unpaired) electrons. The van der Waals surface area contributed by atoms with Crippen molar-refractivity contribution in [3.8, 4) is 0 Å². The number of amides is 1. The lowest BCUT2D eigenvalue weighted by atomic mass is 9.80. The molecule has 3 heteroatoms. The average Bonchev–Trinajstić information content (AvgIpc) is 2.07. The van der Waals surface area contributed by atoms with E-state index in [1.54, 1.807) is 0 Å². The van der Waals surface area contributed by atoms with Gasteiger partial charge < -0.3 is 10.2 Å². The van der Waals surface area contributed by atoms with Gasteiger partial charge in [0.2, 0.25) is 5.91 Å². The fraction of sp³-hybridized carbons (Fsp3) is 0.889. The van der Waals surface area contributed by atoms with Gasteiger partial charge in [0.1, 0.15) is 0 Å². The summed E-state index contributed by atoms with van der Waals surface area (Å²) < 4.78 is 0. The summed E-state index contributed by atoms with van der Waals surface area (Å²) in [5, 5.41) is 2.94. The van der Waals surface area contributed by atoms with E-state index in [4.69, 9.17) is 0 Å². The first kappa shape index (κ1) is 8.05. The Morgan fingerprint density at radius 1 is 1.50 bits per heavy atom. The van der Waals surface area contributed by atoms with Gasteiger partial charge in [-0.1, -0.05) is 0 Å².